The molecule has 11 nitrogen and oxygen atoms in total. The Hall–Kier alpha value is -3.47. The number of benzene rings is 1. The zero-order valence-electron chi connectivity index (χ0n) is 18.5. The number of carbonyl (C=O) groups is 5. The van der Waals surface area contributed by atoms with E-state index in [1.54, 1.807) is 24.3 Å². The van der Waals surface area contributed by atoms with Gasteiger partial charge in [-0.3, -0.25) is 19.2 Å². The summed E-state index contributed by atoms with van der Waals surface area (Å²) in [7, 11) is 0. The second-order valence-electron chi connectivity index (χ2n) is 8.13. The van der Waals surface area contributed by atoms with Crippen LogP contribution in [0.3, 0.4) is 0 Å². The number of carboxylic acids is 1. The molecule has 1 heterocycles. The SMILES string of the molecule is CC(N)C(=O)NC(Cc1ccccc1)C(=O)NC(CCC(N)=O)C(=O)N1CCCC1C(=O)O. The monoisotopic (exact) mass is 461 g/mol. The fourth-order valence-electron chi connectivity index (χ4n) is 3.67. The van der Waals surface area contributed by atoms with Gasteiger partial charge in [0.15, 0.2) is 0 Å². The smallest absolute Gasteiger partial charge is 0.326 e. The molecule has 0 saturated carbocycles. The number of nitrogens with zero attached hydrogens (tertiary/aromatic N) is 1. The molecular weight excluding hydrogens is 430 g/mol. The van der Waals surface area contributed by atoms with Crippen molar-refractivity contribution in [2.45, 2.75) is 63.2 Å². The van der Waals surface area contributed by atoms with Gasteiger partial charge in [-0.05, 0) is 31.7 Å². The predicted molar refractivity (Wildman–Crippen MR) is 118 cm³/mol. The first kappa shape index (κ1) is 25.8. The molecule has 1 aromatic rings. The summed E-state index contributed by atoms with van der Waals surface area (Å²) >= 11 is 0. The molecule has 0 spiro atoms. The van der Waals surface area contributed by atoms with Gasteiger partial charge in [-0.15, -0.1) is 0 Å². The van der Waals surface area contributed by atoms with Crippen LogP contribution in [0.25, 0.3) is 0 Å². The number of nitrogens with one attached hydrogen (secondary N) is 2. The van der Waals surface area contributed by atoms with Crippen molar-refractivity contribution >= 4 is 29.6 Å². The summed E-state index contributed by atoms with van der Waals surface area (Å²) < 4.78 is 0. The van der Waals surface area contributed by atoms with Crippen LogP contribution in [0.2, 0.25) is 0 Å². The number of likely N-dealkylation sites (tertiary alicyclic amines) is 1. The minimum absolute atomic E-state index is 0.0952. The normalized spacial score (nSPS) is 18.1. The Bertz CT molecular complexity index is 875. The third kappa shape index (κ3) is 7.56. The second kappa shape index (κ2) is 12.0. The molecule has 11 heteroatoms. The average molecular weight is 462 g/mol. The maximum atomic E-state index is 13.1. The van der Waals surface area contributed by atoms with Crippen LogP contribution in [0.5, 0.6) is 0 Å². The lowest BCUT2D eigenvalue weighted by Crippen LogP contribution is -2.57. The molecule has 0 aromatic heterocycles. The lowest BCUT2D eigenvalue weighted by molar-refractivity contribution is -0.149. The zero-order valence-corrected chi connectivity index (χ0v) is 18.5. The Morgan fingerprint density at radius 1 is 1.09 bits per heavy atom. The number of hydrogen-bond donors (Lipinski definition) is 5. The highest BCUT2D eigenvalue weighted by molar-refractivity contribution is 5.94. The van der Waals surface area contributed by atoms with Gasteiger partial charge in [0, 0.05) is 19.4 Å². The maximum absolute atomic E-state index is 13.1. The largest absolute Gasteiger partial charge is 0.480 e. The molecule has 7 N–H and O–H groups in total. The summed E-state index contributed by atoms with van der Waals surface area (Å²) in [5.41, 5.74) is 11.6. The molecule has 1 fully saturated rings. The van der Waals surface area contributed by atoms with Crippen molar-refractivity contribution in [2.24, 2.45) is 11.5 Å². The minimum atomic E-state index is -1.17. The summed E-state index contributed by atoms with van der Waals surface area (Å²) in [5, 5.41) is 14.6. The molecule has 4 atom stereocenters. The summed E-state index contributed by atoms with van der Waals surface area (Å²) in [6, 6.07) is 4.90. The van der Waals surface area contributed by atoms with E-state index in [2.05, 4.69) is 10.6 Å². The Balaban J connectivity index is 2.22. The van der Waals surface area contributed by atoms with E-state index in [-0.39, 0.29) is 25.8 Å². The van der Waals surface area contributed by atoms with Crippen molar-refractivity contribution in [3.63, 3.8) is 0 Å². The summed E-state index contributed by atoms with van der Waals surface area (Å²) in [6.45, 7) is 1.71. The van der Waals surface area contributed by atoms with Gasteiger partial charge < -0.3 is 32.1 Å². The molecule has 0 radical (unpaired) electrons. The van der Waals surface area contributed by atoms with Crippen molar-refractivity contribution in [3.05, 3.63) is 35.9 Å². The standard InChI is InChI=1S/C22H31N5O6/c1-13(23)19(29)26-16(12-14-6-3-2-4-7-14)20(30)25-15(9-10-18(24)28)21(31)27-11-5-8-17(27)22(32)33/h2-4,6-7,13,15-17H,5,8-12,23H2,1H3,(H2,24,28)(H,25,30)(H,26,29)(H,32,33). The molecule has 2 rings (SSSR count). The number of carbonyl (C=O) groups excluding carboxylic acids is 4. The van der Waals surface area contributed by atoms with Crippen molar-refractivity contribution in [1.29, 1.82) is 0 Å². The molecule has 0 bridgehead atoms. The third-order valence-electron chi connectivity index (χ3n) is 5.44. The lowest BCUT2D eigenvalue weighted by atomic mass is 10.0. The molecular formula is C22H31N5O6. The molecule has 33 heavy (non-hydrogen) atoms. The van der Waals surface area contributed by atoms with Gasteiger partial charge in [0.2, 0.25) is 23.6 Å². The molecule has 1 saturated heterocycles. The maximum Gasteiger partial charge on any atom is 0.326 e. The molecule has 4 unspecified atom stereocenters. The van der Waals surface area contributed by atoms with Crippen molar-refractivity contribution in [2.75, 3.05) is 6.54 Å². The number of amides is 4. The first-order chi connectivity index (χ1) is 15.6. The predicted octanol–water partition coefficient (Wildman–Crippen LogP) is -1.11. The number of primary amides is 1. The summed E-state index contributed by atoms with van der Waals surface area (Å²) in [6.07, 6.45) is 0.683. The van der Waals surface area contributed by atoms with Gasteiger partial charge in [0.1, 0.15) is 18.1 Å². The molecule has 1 aliphatic rings. The van der Waals surface area contributed by atoms with Gasteiger partial charge in [-0.2, -0.15) is 0 Å². The summed E-state index contributed by atoms with van der Waals surface area (Å²) in [4.78, 5) is 62.5. The topological polar surface area (TPSA) is 185 Å². The number of hydrogen-bond acceptors (Lipinski definition) is 6. The number of aliphatic carboxylic acids is 1. The second-order valence-corrected chi connectivity index (χ2v) is 8.13. The van der Waals surface area contributed by atoms with Gasteiger partial charge in [-0.1, -0.05) is 30.3 Å². The van der Waals surface area contributed by atoms with Crippen LogP contribution in [0.1, 0.15) is 38.2 Å². The molecule has 0 aliphatic carbocycles. The van der Waals surface area contributed by atoms with Crippen LogP contribution in [0, 0.1) is 0 Å². The van der Waals surface area contributed by atoms with Gasteiger partial charge in [0.25, 0.3) is 0 Å². The Labute approximate surface area is 191 Å². The quantitative estimate of drug-likeness (QED) is 0.276. The number of carboxylic acid groups (broad SMARTS) is 1. The van der Waals surface area contributed by atoms with E-state index in [1.807, 2.05) is 6.07 Å². The highest BCUT2D eigenvalue weighted by atomic mass is 16.4. The van der Waals surface area contributed by atoms with Gasteiger partial charge in [-0.25, -0.2) is 4.79 Å². The van der Waals surface area contributed by atoms with Crippen LogP contribution < -0.4 is 22.1 Å². The van der Waals surface area contributed by atoms with E-state index >= 15 is 0 Å². The molecule has 4 amide bonds. The van der Waals surface area contributed by atoms with Gasteiger partial charge in [0.05, 0.1) is 6.04 Å². The molecule has 1 aromatic carbocycles. The fraction of sp³-hybridized carbons (Fsp3) is 0.500. The number of nitrogens with two attached hydrogens (primary N) is 2. The van der Waals surface area contributed by atoms with E-state index in [0.717, 1.165) is 5.56 Å². The Morgan fingerprint density at radius 3 is 2.30 bits per heavy atom. The van der Waals surface area contributed by atoms with E-state index in [1.165, 1.54) is 11.8 Å². The van der Waals surface area contributed by atoms with Crippen molar-refractivity contribution in [3.8, 4) is 0 Å². The third-order valence-corrected chi connectivity index (χ3v) is 5.44. The highest BCUT2D eigenvalue weighted by Gasteiger charge is 2.38. The van der Waals surface area contributed by atoms with Crippen LogP contribution in [-0.4, -0.2) is 70.3 Å². The molecule has 180 valence electrons. The Kier molecular flexibility index (Phi) is 9.34. The van der Waals surface area contributed by atoms with Gasteiger partial charge >= 0.3 is 5.97 Å². The van der Waals surface area contributed by atoms with Crippen molar-refractivity contribution < 1.29 is 29.1 Å². The van der Waals surface area contributed by atoms with E-state index in [4.69, 9.17) is 11.5 Å². The molecule has 1 aliphatic heterocycles. The van der Waals surface area contributed by atoms with Crippen LogP contribution >= 0.6 is 0 Å². The average Bonchev–Trinajstić information content (AvgIpc) is 3.26. The summed E-state index contributed by atoms with van der Waals surface area (Å²) in [5.74, 6) is -3.60. The van der Waals surface area contributed by atoms with Crippen molar-refractivity contribution in [1.82, 2.24) is 15.5 Å². The number of rotatable bonds is 11. The van der Waals surface area contributed by atoms with E-state index < -0.39 is 53.8 Å². The first-order valence-corrected chi connectivity index (χ1v) is 10.8. The highest BCUT2D eigenvalue weighted by Crippen LogP contribution is 2.19. The van der Waals surface area contributed by atoms with Crippen LogP contribution in [0.15, 0.2) is 30.3 Å². The van der Waals surface area contributed by atoms with Crippen LogP contribution in [-0.2, 0) is 30.4 Å². The minimum Gasteiger partial charge on any atom is -0.480 e. The lowest BCUT2D eigenvalue weighted by Gasteiger charge is -2.28. The van der Waals surface area contributed by atoms with E-state index in [9.17, 15) is 29.1 Å². The first-order valence-electron chi connectivity index (χ1n) is 10.8. The van der Waals surface area contributed by atoms with E-state index in [0.29, 0.717) is 12.8 Å². The Morgan fingerprint density at radius 2 is 1.73 bits per heavy atom. The fourth-order valence-corrected chi connectivity index (χ4v) is 3.67. The van der Waals surface area contributed by atoms with Crippen LogP contribution in [0.4, 0.5) is 0 Å². The zero-order chi connectivity index (χ0) is 24.5.